The van der Waals surface area contributed by atoms with Gasteiger partial charge in [0.15, 0.2) is 0 Å². The summed E-state index contributed by atoms with van der Waals surface area (Å²) < 4.78 is 31.6. The molecule has 160 valence electrons. The van der Waals surface area contributed by atoms with Gasteiger partial charge >= 0.3 is 0 Å². The Labute approximate surface area is 176 Å². The van der Waals surface area contributed by atoms with Crippen LogP contribution in [0.25, 0.3) is 0 Å². The molecule has 0 atom stereocenters. The van der Waals surface area contributed by atoms with E-state index in [1.165, 1.54) is 24.5 Å². The largest absolute Gasteiger partial charge is 0.495 e. The molecule has 0 aliphatic carbocycles. The SMILES string of the molecule is CNC(=O)c1ccc(OC)c(NC(=O)c2ccc(C)c(N3CCCCS3(=O)=O)c2)c1. The fourth-order valence-electron chi connectivity index (χ4n) is 3.36. The molecule has 0 unspecified atom stereocenters. The van der Waals surface area contributed by atoms with Gasteiger partial charge in [0.1, 0.15) is 5.75 Å². The Morgan fingerprint density at radius 1 is 1.03 bits per heavy atom. The number of nitrogens with zero attached hydrogens (tertiary/aromatic N) is 1. The number of carbonyl (C=O) groups is 2. The van der Waals surface area contributed by atoms with Gasteiger partial charge in [-0.1, -0.05) is 6.07 Å². The minimum Gasteiger partial charge on any atom is -0.495 e. The first-order chi connectivity index (χ1) is 14.3. The predicted octanol–water partition coefficient (Wildman–Crippen LogP) is 2.55. The summed E-state index contributed by atoms with van der Waals surface area (Å²) in [7, 11) is -0.403. The quantitative estimate of drug-likeness (QED) is 0.757. The second-order valence-corrected chi connectivity index (χ2v) is 9.06. The van der Waals surface area contributed by atoms with Crippen LogP contribution in [0, 0.1) is 6.92 Å². The fraction of sp³-hybridized carbons (Fsp3) is 0.333. The lowest BCUT2D eigenvalue weighted by Gasteiger charge is -2.29. The van der Waals surface area contributed by atoms with Crippen LogP contribution >= 0.6 is 0 Å². The van der Waals surface area contributed by atoms with Crippen molar-refractivity contribution >= 4 is 33.2 Å². The van der Waals surface area contributed by atoms with E-state index < -0.39 is 15.9 Å². The number of rotatable bonds is 5. The highest BCUT2D eigenvalue weighted by Crippen LogP contribution is 2.30. The monoisotopic (exact) mass is 431 g/mol. The molecule has 1 heterocycles. The van der Waals surface area contributed by atoms with Crippen molar-refractivity contribution in [2.45, 2.75) is 19.8 Å². The zero-order chi connectivity index (χ0) is 21.9. The van der Waals surface area contributed by atoms with Crippen LogP contribution < -0.4 is 19.7 Å². The van der Waals surface area contributed by atoms with Crippen LogP contribution in [0.4, 0.5) is 11.4 Å². The van der Waals surface area contributed by atoms with Crippen LogP contribution in [0.2, 0.25) is 0 Å². The summed E-state index contributed by atoms with van der Waals surface area (Å²) >= 11 is 0. The summed E-state index contributed by atoms with van der Waals surface area (Å²) in [5.41, 5.74) is 2.31. The molecule has 1 fully saturated rings. The maximum Gasteiger partial charge on any atom is 0.255 e. The van der Waals surface area contributed by atoms with Crippen molar-refractivity contribution in [2.24, 2.45) is 0 Å². The highest BCUT2D eigenvalue weighted by molar-refractivity contribution is 7.92. The second-order valence-electron chi connectivity index (χ2n) is 7.04. The van der Waals surface area contributed by atoms with Gasteiger partial charge in [0, 0.05) is 24.7 Å². The fourth-order valence-corrected chi connectivity index (χ4v) is 5.06. The lowest BCUT2D eigenvalue weighted by molar-refractivity contribution is 0.0961. The van der Waals surface area contributed by atoms with Crippen LogP contribution in [-0.2, 0) is 10.0 Å². The van der Waals surface area contributed by atoms with Crippen molar-refractivity contribution in [3.8, 4) is 5.75 Å². The van der Waals surface area contributed by atoms with Gasteiger partial charge in [-0.05, 0) is 55.7 Å². The minimum absolute atomic E-state index is 0.104. The van der Waals surface area contributed by atoms with Gasteiger partial charge in [-0.3, -0.25) is 13.9 Å². The Kier molecular flexibility index (Phi) is 6.31. The highest BCUT2D eigenvalue weighted by atomic mass is 32.2. The van der Waals surface area contributed by atoms with Gasteiger partial charge in [-0.2, -0.15) is 0 Å². The highest BCUT2D eigenvalue weighted by Gasteiger charge is 2.27. The van der Waals surface area contributed by atoms with E-state index in [1.54, 1.807) is 30.3 Å². The number of amides is 2. The average Bonchev–Trinajstić information content (AvgIpc) is 2.73. The molecule has 1 aliphatic rings. The molecule has 0 bridgehead atoms. The van der Waals surface area contributed by atoms with Gasteiger partial charge in [0.05, 0.1) is 24.2 Å². The summed E-state index contributed by atoms with van der Waals surface area (Å²) in [6.45, 7) is 2.22. The second kappa shape index (κ2) is 8.74. The minimum atomic E-state index is -3.39. The molecule has 2 N–H and O–H groups in total. The zero-order valence-electron chi connectivity index (χ0n) is 17.2. The Hall–Kier alpha value is -3.07. The number of methoxy groups -OCH3 is 1. The number of hydrogen-bond donors (Lipinski definition) is 2. The number of hydrogen-bond acceptors (Lipinski definition) is 5. The van der Waals surface area contributed by atoms with E-state index in [0.717, 1.165) is 12.0 Å². The van der Waals surface area contributed by atoms with Crippen molar-refractivity contribution in [3.05, 3.63) is 53.1 Å². The molecule has 0 aromatic heterocycles. The van der Waals surface area contributed by atoms with Crippen molar-refractivity contribution in [3.63, 3.8) is 0 Å². The topological polar surface area (TPSA) is 105 Å². The number of benzene rings is 2. The molecule has 9 heteroatoms. The van der Waals surface area contributed by atoms with Crippen molar-refractivity contribution in [1.29, 1.82) is 0 Å². The van der Waals surface area contributed by atoms with Crippen molar-refractivity contribution < 1.29 is 22.7 Å². The molecule has 3 rings (SSSR count). The van der Waals surface area contributed by atoms with Crippen LogP contribution in [0.5, 0.6) is 5.75 Å². The Bertz CT molecular complexity index is 1080. The van der Waals surface area contributed by atoms with Crippen LogP contribution in [-0.4, -0.2) is 46.7 Å². The molecule has 2 amide bonds. The van der Waals surface area contributed by atoms with E-state index in [0.29, 0.717) is 41.2 Å². The zero-order valence-corrected chi connectivity index (χ0v) is 18.0. The van der Waals surface area contributed by atoms with E-state index >= 15 is 0 Å². The van der Waals surface area contributed by atoms with E-state index in [9.17, 15) is 18.0 Å². The third kappa shape index (κ3) is 4.40. The smallest absolute Gasteiger partial charge is 0.255 e. The average molecular weight is 432 g/mol. The summed E-state index contributed by atoms with van der Waals surface area (Å²) in [5, 5.41) is 5.29. The van der Waals surface area contributed by atoms with Crippen molar-refractivity contribution in [2.75, 3.05) is 36.1 Å². The molecule has 1 aliphatic heterocycles. The Morgan fingerprint density at radius 2 is 1.73 bits per heavy atom. The molecular formula is C21H25N3O5S. The predicted molar refractivity (Wildman–Crippen MR) is 116 cm³/mol. The van der Waals surface area contributed by atoms with Gasteiger partial charge in [-0.25, -0.2) is 8.42 Å². The van der Waals surface area contributed by atoms with Gasteiger partial charge in [0.25, 0.3) is 11.8 Å². The number of anilines is 2. The third-order valence-corrected chi connectivity index (χ3v) is 6.88. The molecule has 0 radical (unpaired) electrons. The standard InChI is InChI=1S/C21H25N3O5S/c1-14-6-7-16(13-18(14)24-10-4-5-11-30(24,27)28)21(26)23-17-12-15(20(25)22-2)8-9-19(17)29-3/h6-9,12-13H,4-5,10-11H2,1-3H3,(H,22,25)(H,23,26). The maximum absolute atomic E-state index is 12.9. The summed E-state index contributed by atoms with van der Waals surface area (Å²) in [4.78, 5) is 24.8. The first kappa shape index (κ1) is 21.6. The van der Waals surface area contributed by atoms with E-state index in [-0.39, 0.29) is 11.7 Å². The summed E-state index contributed by atoms with van der Waals surface area (Å²) in [5.74, 6) is -0.215. The summed E-state index contributed by atoms with van der Waals surface area (Å²) in [6, 6.07) is 9.67. The van der Waals surface area contributed by atoms with Crippen LogP contribution in [0.15, 0.2) is 36.4 Å². The molecule has 2 aromatic carbocycles. The maximum atomic E-state index is 12.9. The lowest BCUT2D eigenvalue weighted by atomic mass is 10.1. The van der Waals surface area contributed by atoms with Gasteiger partial charge in [-0.15, -0.1) is 0 Å². The van der Waals surface area contributed by atoms with E-state index in [4.69, 9.17) is 4.74 Å². The normalized spacial score (nSPS) is 15.4. The van der Waals surface area contributed by atoms with Gasteiger partial charge in [0.2, 0.25) is 10.0 Å². The van der Waals surface area contributed by atoms with Crippen LogP contribution in [0.3, 0.4) is 0 Å². The molecule has 8 nitrogen and oxygen atoms in total. The Balaban J connectivity index is 1.92. The van der Waals surface area contributed by atoms with Crippen molar-refractivity contribution in [1.82, 2.24) is 5.32 Å². The first-order valence-electron chi connectivity index (χ1n) is 9.59. The third-order valence-electron chi connectivity index (χ3n) is 5.03. The molecule has 2 aromatic rings. The van der Waals surface area contributed by atoms with Crippen LogP contribution in [0.1, 0.15) is 39.1 Å². The molecule has 1 saturated heterocycles. The number of nitrogens with one attached hydrogen (secondary N) is 2. The first-order valence-corrected chi connectivity index (χ1v) is 11.2. The number of sulfonamides is 1. The molecule has 0 spiro atoms. The molecule has 30 heavy (non-hydrogen) atoms. The number of ether oxygens (including phenoxy) is 1. The molecular weight excluding hydrogens is 406 g/mol. The van der Waals surface area contributed by atoms with E-state index in [2.05, 4.69) is 10.6 Å². The van der Waals surface area contributed by atoms with E-state index in [1.807, 2.05) is 6.92 Å². The Morgan fingerprint density at radius 3 is 2.40 bits per heavy atom. The summed E-state index contributed by atoms with van der Waals surface area (Å²) in [6.07, 6.45) is 1.41. The number of aryl methyl sites for hydroxylation is 1. The van der Waals surface area contributed by atoms with Gasteiger partial charge < -0.3 is 15.4 Å². The number of carbonyl (C=O) groups excluding carboxylic acids is 2. The molecule has 0 saturated carbocycles. The lowest BCUT2D eigenvalue weighted by Crippen LogP contribution is -2.38.